The van der Waals surface area contributed by atoms with Gasteiger partial charge in [-0.1, -0.05) is 54.1 Å². The summed E-state index contributed by atoms with van der Waals surface area (Å²) >= 11 is 0. The van der Waals surface area contributed by atoms with Gasteiger partial charge in [0.2, 0.25) is 0 Å². The summed E-state index contributed by atoms with van der Waals surface area (Å²) in [6, 6.07) is 15.7. The van der Waals surface area contributed by atoms with Crippen molar-refractivity contribution in [1.29, 1.82) is 0 Å². The van der Waals surface area contributed by atoms with Crippen molar-refractivity contribution in [1.82, 2.24) is 0 Å². The zero-order valence-corrected chi connectivity index (χ0v) is 10.9. The maximum absolute atomic E-state index is 10.4. The molecule has 3 N–H and O–H groups in total. The van der Waals surface area contributed by atoms with Gasteiger partial charge in [-0.05, 0) is 30.5 Å². The molecule has 0 aliphatic heterocycles. The fraction of sp³-hybridized carbons (Fsp3) is 0.250. The Bertz CT molecular complexity index is 529. The average Bonchev–Trinajstić information content (AvgIpc) is 2.32. The summed E-state index contributed by atoms with van der Waals surface area (Å²) in [6.45, 7) is 4.04. The van der Waals surface area contributed by atoms with Gasteiger partial charge in [0.15, 0.2) is 0 Å². The predicted octanol–water partition coefficient (Wildman–Crippen LogP) is 2.65. The van der Waals surface area contributed by atoms with Crippen LogP contribution in [0.3, 0.4) is 0 Å². The SMILES string of the molecule is Cc1ccc(C(N)(O)Cc2ccccc2C)cc1. The first-order valence-corrected chi connectivity index (χ1v) is 6.12. The van der Waals surface area contributed by atoms with Crippen LogP contribution in [0.4, 0.5) is 0 Å². The smallest absolute Gasteiger partial charge is 0.143 e. The highest BCUT2D eigenvalue weighted by molar-refractivity contribution is 5.31. The number of nitrogens with two attached hydrogens (primary N) is 1. The second-order valence-corrected chi connectivity index (χ2v) is 4.89. The lowest BCUT2D eigenvalue weighted by Crippen LogP contribution is -2.38. The van der Waals surface area contributed by atoms with E-state index in [1.165, 1.54) is 0 Å². The van der Waals surface area contributed by atoms with Gasteiger partial charge >= 0.3 is 0 Å². The Morgan fingerprint density at radius 2 is 1.61 bits per heavy atom. The van der Waals surface area contributed by atoms with E-state index in [0.29, 0.717) is 6.42 Å². The molecule has 1 unspecified atom stereocenters. The summed E-state index contributed by atoms with van der Waals surface area (Å²) in [5.74, 6) is 0. The van der Waals surface area contributed by atoms with Crippen molar-refractivity contribution in [3.63, 3.8) is 0 Å². The third-order valence-electron chi connectivity index (χ3n) is 3.27. The Labute approximate surface area is 108 Å². The largest absolute Gasteiger partial charge is 0.371 e. The molecule has 0 bridgehead atoms. The van der Waals surface area contributed by atoms with E-state index < -0.39 is 5.72 Å². The summed E-state index contributed by atoms with van der Waals surface area (Å²) in [6.07, 6.45) is 0.419. The molecule has 0 heterocycles. The van der Waals surface area contributed by atoms with Crippen LogP contribution in [0.5, 0.6) is 0 Å². The van der Waals surface area contributed by atoms with Gasteiger partial charge in [0.05, 0.1) is 0 Å². The van der Waals surface area contributed by atoms with Gasteiger partial charge in [-0.3, -0.25) is 5.73 Å². The second-order valence-electron chi connectivity index (χ2n) is 4.89. The topological polar surface area (TPSA) is 46.2 Å². The highest BCUT2D eigenvalue weighted by atomic mass is 16.3. The molecule has 2 heteroatoms. The van der Waals surface area contributed by atoms with Crippen LogP contribution in [0.1, 0.15) is 22.3 Å². The Balaban J connectivity index is 2.27. The zero-order chi connectivity index (χ0) is 13.2. The van der Waals surface area contributed by atoms with Gasteiger partial charge in [0, 0.05) is 6.42 Å². The number of benzene rings is 2. The van der Waals surface area contributed by atoms with Crippen LogP contribution in [0.15, 0.2) is 48.5 Å². The number of rotatable bonds is 3. The van der Waals surface area contributed by atoms with Gasteiger partial charge in [0.1, 0.15) is 5.72 Å². The first-order chi connectivity index (χ1) is 8.49. The average molecular weight is 241 g/mol. The molecule has 2 rings (SSSR count). The highest BCUT2D eigenvalue weighted by Crippen LogP contribution is 2.22. The lowest BCUT2D eigenvalue weighted by atomic mass is 9.93. The summed E-state index contributed by atoms with van der Waals surface area (Å²) < 4.78 is 0. The standard InChI is InChI=1S/C16H19NO/c1-12-7-9-15(10-8-12)16(17,18)11-14-6-4-3-5-13(14)2/h3-10,18H,11,17H2,1-2H3. The third-order valence-corrected chi connectivity index (χ3v) is 3.27. The summed E-state index contributed by atoms with van der Waals surface area (Å²) in [5, 5.41) is 10.4. The Kier molecular flexibility index (Phi) is 3.50. The monoisotopic (exact) mass is 241 g/mol. The quantitative estimate of drug-likeness (QED) is 0.811. The molecule has 0 saturated carbocycles. The van der Waals surface area contributed by atoms with Crippen LogP contribution in [-0.2, 0) is 12.1 Å². The van der Waals surface area contributed by atoms with Gasteiger partial charge in [-0.25, -0.2) is 0 Å². The summed E-state index contributed by atoms with van der Waals surface area (Å²) in [4.78, 5) is 0. The van der Waals surface area contributed by atoms with E-state index in [-0.39, 0.29) is 0 Å². The molecular weight excluding hydrogens is 222 g/mol. The van der Waals surface area contributed by atoms with Crippen LogP contribution in [-0.4, -0.2) is 5.11 Å². The molecule has 0 amide bonds. The molecule has 0 spiro atoms. The summed E-state index contributed by atoms with van der Waals surface area (Å²) in [5.41, 5.74) is 8.85. The molecular formula is C16H19NO. The Morgan fingerprint density at radius 1 is 1.00 bits per heavy atom. The molecule has 18 heavy (non-hydrogen) atoms. The van der Waals surface area contributed by atoms with Crippen molar-refractivity contribution in [2.45, 2.75) is 26.0 Å². The molecule has 2 nitrogen and oxygen atoms in total. The van der Waals surface area contributed by atoms with Gasteiger partial charge < -0.3 is 5.11 Å². The number of hydrogen-bond donors (Lipinski definition) is 2. The molecule has 0 aliphatic rings. The van der Waals surface area contributed by atoms with Crippen LogP contribution < -0.4 is 5.73 Å². The maximum atomic E-state index is 10.4. The predicted molar refractivity (Wildman–Crippen MR) is 74.1 cm³/mol. The molecule has 2 aromatic carbocycles. The first-order valence-electron chi connectivity index (χ1n) is 6.12. The van der Waals surface area contributed by atoms with Crippen LogP contribution >= 0.6 is 0 Å². The van der Waals surface area contributed by atoms with Gasteiger partial charge in [0.25, 0.3) is 0 Å². The van der Waals surface area contributed by atoms with Crippen LogP contribution in [0.25, 0.3) is 0 Å². The van der Waals surface area contributed by atoms with E-state index in [9.17, 15) is 5.11 Å². The molecule has 2 aromatic rings. The Hall–Kier alpha value is -1.64. The minimum atomic E-state index is -1.32. The third kappa shape index (κ3) is 2.78. The number of aliphatic hydroxyl groups is 1. The lowest BCUT2D eigenvalue weighted by Gasteiger charge is -2.24. The molecule has 0 aromatic heterocycles. The van der Waals surface area contributed by atoms with E-state index in [1.54, 1.807) is 0 Å². The number of aryl methyl sites for hydroxylation is 2. The number of hydrogen-bond acceptors (Lipinski definition) is 2. The van der Waals surface area contributed by atoms with Crippen LogP contribution in [0.2, 0.25) is 0 Å². The molecule has 0 aliphatic carbocycles. The minimum Gasteiger partial charge on any atom is -0.371 e. The molecule has 94 valence electrons. The van der Waals surface area contributed by atoms with E-state index in [0.717, 1.165) is 22.3 Å². The highest BCUT2D eigenvalue weighted by Gasteiger charge is 2.24. The second kappa shape index (κ2) is 4.92. The van der Waals surface area contributed by atoms with Crippen molar-refractivity contribution in [2.24, 2.45) is 5.73 Å². The van der Waals surface area contributed by atoms with Crippen molar-refractivity contribution in [3.8, 4) is 0 Å². The van der Waals surface area contributed by atoms with Gasteiger partial charge in [-0.2, -0.15) is 0 Å². The normalized spacial score (nSPS) is 14.2. The minimum absolute atomic E-state index is 0.419. The van der Waals surface area contributed by atoms with Crippen molar-refractivity contribution in [3.05, 3.63) is 70.8 Å². The van der Waals surface area contributed by atoms with E-state index >= 15 is 0 Å². The lowest BCUT2D eigenvalue weighted by molar-refractivity contribution is 0.0438. The molecule has 0 saturated heterocycles. The zero-order valence-electron chi connectivity index (χ0n) is 10.9. The molecule has 0 radical (unpaired) electrons. The molecule has 0 fully saturated rings. The van der Waals surface area contributed by atoms with Gasteiger partial charge in [-0.15, -0.1) is 0 Å². The fourth-order valence-corrected chi connectivity index (χ4v) is 2.04. The fourth-order valence-electron chi connectivity index (χ4n) is 2.04. The summed E-state index contributed by atoms with van der Waals surface area (Å²) in [7, 11) is 0. The van der Waals surface area contributed by atoms with Crippen molar-refractivity contribution in [2.75, 3.05) is 0 Å². The van der Waals surface area contributed by atoms with E-state index in [2.05, 4.69) is 0 Å². The van der Waals surface area contributed by atoms with Crippen LogP contribution in [0, 0.1) is 13.8 Å². The first kappa shape index (κ1) is 12.8. The van der Waals surface area contributed by atoms with E-state index in [4.69, 9.17) is 5.73 Å². The maximum Gasteiger partial charge on any atom is 0.143 e. The van der Waals surface area contributed by atoms with E-state index in [1.807, 2.05) is 62.4 Å². The Morgan fingerprint density at radius 3 is 2.22 bits per heavy atom. The van der Waals surface area contributed by atoms with Crippen molar-refractivity contribution < 1.29 is 5.11 Å². The molecule has 1 atom stereocenters. The van der Waals surface area contributed by atoms with Crippen molar-refractivity contribution >= 4 is 0 Å².